The summed E-state index contributed by atoms with van der Waals surface area (Å²) in [5.41, 5.74) is 1.13. The highest BCUT2D eigenvalue weighted by atomic mass is 16.5. The Morgan fingerprint density at radius 3 is 3.22 bits per heavy atom. The lowest BCUT2D eigenvalue weighted by Gasteiger charge is -2.30. The van der Waals surface area contributed by atoms with Gasteiger partial charge in [0.1, 0.15) is 0 Å². The summed E-state index contributed by atoms with van der Waals surface area (Å²) >= 11 is 0. The van der Waals surface area contributed by atoms with E-state index in [1.807, 2.05) is 12.5 Å². The van der Waals surface area contributed by atoms with Gasteiger partial charge in [0.2, 0.25) is 0 Å². The van der Waals surface area contributed by atoms with Crippen LogP contribution in [0.3, 0.4) is 0 Å². The smallest absolute Gasteiger partial charge is 0.334 e. The second kappa shape index (κ2) is 5.97. The van der Waals surface area contributed by atoms with Crippen molar-refractivity contribution in [1.82, 2.24) is 14.5 Å². The number of nitrogens with zero attached hydrogens (tertiary/aromatic N) is 3. The van der Waals surface area contributed by atoms with Crippen LogP contribution in [0.15, 0.2) is 12.5 Å². The van der Waals surface area contributed by atoms with Crippen molar-refractivity contribution in [3.8, 4) is 0 Å². The molecule has 0 aliphatic carbocycles. The maximum Gasteiger partial charge on any atom is 0.334 e. The van der Waals surface area contributed by atoms with E-state index in [2.05, 4.69) is 21.4 Å². The molecule has 1 aromatic heterocycles. The lowest BCUT2D eigenvalue weighted by atomic mass is 10.2. The normalized spacial score (nSPS) is 21.1. The number of hydrogen-bond donors (Lipinski definition) is 1. The van der Waals surface area contributed by atoms with Crippen molar-refractivity contribution >= 4 is 5.97 Å². The summed E-state index contributed by atoms with van der Waals surface area (Å²) in [6.07, 6.45) is 4.03. The quantitative estimate of drug-likeness (QED) is 0.831. The second-order valence-corrected chi connectivity index (χ2v) is 4.51. The highest BCUT2D eigenvalue weighted by Crippen LogP contribution is 2.11. The van der Waals surface area contributed by atoms with Gasteiger partial charge in [-0.3, -0.25) is 4.90 Å². The monoisotopic (exact) mass is 253 g/mol. The first kappa shape index (κ1) is 13.0. The van der Waals surface area contributed by atoms with Gasteiger partial charge in [0.25, 0.3) is 0 Å². The lowest BCUT2D eigenvalue weighted by molar-refractivity contribution is -0.156. The molecule has 18 heavy (non-hydrogen) atoms. The van der Waals surface area contributed by atoms with Crippen molar-refractivity contribution in [1.29, 1.82) is 0 Å². The van der Waals surface area contributed by atoms with Crippen LogP contribution in [0.2, 0.25) is 0 Å². The molecule has 0 radical (unpaired) electrons. The molecule has 100 valence electrons. The van der Waals surface area contributed by atoms with Crippen molar-refractivity contribution < 1.29 is 14.6 Å². The molecule has 1 saturated heterocycles. The van der Waals surface area contributed by atoms with E-state index in [-0.39, 0.29) is 0 Å². The maximum absolute atomic E-state index is 10.9. The Morgan fingerprint density at radius 1 is 1.67 bits per heavy atom. The van der Waals surface area contributed by atoms with Gasteiger partial charge in [0.05, 0.1) is 18.6 Å². The fourth-order valence-electron chi connectivity index (χ4n) is 2.15. The van der Waals surface area contributed by atoms with Gasteiger partial charge in [-0.1, -0.05) is 6.92 Å². The summed E-state index contributed by atoms with van der Waals surface area (Å²) in [5.74, 6) is -0.887. The minimum absolute atomic E-state index is 0.437. The van der Waals surface area contributed by atoms with E-state index >= 15 is 0 Å². The maximum atomic E-state index is 10.9. The molecule has 2 rings (SSSR count). The fourth-order valence-corrected chi connectivity index (χ4v) is 2.15. The largest absolute Gasteiger partial charge is 0.479 e. The van der Waals surface area contributed by atoms with Crippen LogP contribution in [0.5, 0.6) is 0 Å². The molecule has 0 amide bonds. The predicted molar refractivity (Wildman–Crippen MR) is 65.2 cm³/mol. The number of hydrogen-bond acceptors (Lipinski definition) is 4. The number of aryl methyl sites for hydroxylation is 1. The van der Waals surface area contributed by atoms with Crippen LogP contribution in [0, 0.1) is 0 Å². The Kier molecular flexibility index (Phi) is 4.33. The molecule has 1 aliphatic heterocycles. The third-order valence-electron chi connectivity index (χ3n) is 3.07. The Labute approximate surface area is 106 Å². The molecular formula is C12H19N3O3. The first-order valence-corrected chi connectivity index (χ1v) is 6.26. The van der Waals surface area contributed by atoms with Crippen molar-refractivity contribution in [2.24, 2.45) is 0 Å². The molecule has 1 aromatic rings. The Bertz CT molecular complexity index is 405. The molecule has 6 heteroatoms. The van der Waals surface area contributed by atoms with Gasteiger partial charge in [-0.25, -0.2) is 9.78 Å². The molecule has 1 aliphatic rings. The van der Waals surface area contributed by atoms with Gasteiger partial charge in [-0.15, -0.1) is 0 Å². The van der Waals surface area contributed by atoms with Gasteiger partial charge in [-0.2, -0.15) is 0 Å². The van der Waals surface area contributed by atoms with Gasteiger partial charge >= 0.3 is 5.97 Å². The van der Waals surface area contributed by atoms with E-state index in [9.17, 15) is 4.79 Å². The molecule has 6 nitrogen and oxygen atoms in total. The molecule has 2 heterocycles. The van der Waals surface area contributed by atoms with Crippen molar-refractivity contribution in [2.75, 3.05) is 19.7 Å². The summed E-state index contributed by atoms with van der Waals surface area (Å²) in [7, 11) is 0. The highest BCUT2D eigenvalue weighted by molar-refractivity contribution is 5.72. The molecule has 1 atom stereocenters. The molecule has 0 aromatic carbocycles. The third-order valence-corrected chi connectivity index (χ3v) is 3.07. The van der Waals surface area contributed by atoms with Crippen molar-refractivity contribution in [3.05, 3.63) is 18.2 Å². The van der Waals surface area contributed by atoms with Gasteiger partial charge in [0.15, 0.2) is 6.10 Å². The van der Waals surface area contributed by atoms with Crippen LogP contribution in [0.25, 0.3) is 0 Å². The standard InChI is InChI=1S/C12H19N3O3/c1-2-3-15-9-13-6-10(15)7-14-4-5-18-11(8-14)12(16)17/h6,9,11H,2-5,7-8H2,1H3,(H,16,17). The molecule has 0 saturated carbocycles. The van der Waals surface area contributed by atoms with E-state index in [1.54, 1.807) is 0 Å². The number of aromatic nitrogens is 2. The molecular weight excluding hydrogens is 234 g/mol. The third kappa shape index (κ3) is 3.08. The minimum atomic E-state index is -0.887. The van der Waals surface area contributed by atoms with E-state index in [0.717, 1.165) is 31.7 Å². The summed E-state index contributed by atoms with van der Waals surface area (Å²) in [6.45, 7) is 5.47. The minimum Gasteiger partial charge on any atom is -0.479 e. The zero-order valence-electron chi connectivity index (χ0n) is 10.6. The summed E-state index contributed by atoms with van der Waals surface area (Å²) in [4.78, 5) is 17.2. The Balaban J connectivity index is 1.96. The van der Waals surface area contributed by atoms with Gasteiger partial charge in [-0.05, 0) is 6.42 Å². The average Bonchev–Trinajstić information content (AvgIpc) is 2.77. The molecule has 1 unspecified atom stereocenters. The van der Waals surface area contributed by atoms with Crippen LogP contribution in [0.4, 0.5) is 0 Å². The number of carboxylic acid groups (broad SMARTS) is 1. The summed E-state index contributed by atoms with van der Waals surface area (Å²) in [6, 6.07) is 0. The zero-order valence-corrected chi connectivity index (χ0v) is 10.6. The van der Waals surface area contributed by atoms with Gasteiger partial charge < -0.3 is 14.4 Å². The van der Waals surface area contributed by atoms with Crippen molar-refractivity contribution in [3.63, 3.8) is 0 Å². The number of aliphatic carboxylic acids is 1. The number of carboxylic acids is 1. The van der Waals surface area contributed by atoms with Crippen LogP contribution in [-0.2, 0) is 22.6 Å². The first-order valence-electron chi connectivity index (χ1n) is 6.26. The molecule has 1 N–H and O–H groups in total. The number of carbonyl (C=O) groups is 1. The average molecular weight is 253 g/mol. The van der Waals surface area contributed by atoms with E-state index in [0.29, 0.717) is 13.2 Å². The topological polar surface area (TPSA) is 67.6 Å². The van der Waals surface area contributed by atoms with Gasteiger partial charge in [0, 0.05) is 32.4 Å². The van der Waals surface area contributed by atoms with E-state index in [1.165, 1.54) is 0 Å². The second-order valence-electron chi connectivity index (χ2n) is 4.51. The highest BCUT2D eigenvalue weighted by Gasteiger charge is 2.26. The number of ether oxygens (including phenoxy) is 1. The van der Waals surface area contributed by atoms with Crippen LogP contribution >= 0.6 is 0 Å². The Hall–Kier alpha value is -1.40. The van der Waals surface area contributed by atoms with Crippen LogP contribution in [0.1, 0.15) is 19.0 Å². The number of imidazole rings is 1. The SMILES string of the molecule is CCCn1cncc1CN1CCOC(C(=O)O)C1. The van der Waals surface area contributed by atoms with Crippen molar-refractivity contribution in [2.45, 2.75) is 32.5 Å². The summed E-state index contributed by atoms with van der Waals surface area (Å²) in [5, 5.41) is 8.95. The molecule has 1 fully saturated rings. The van der Waals surface area contributed by atoms with Crippen LogP contribution in [-0.4, -0.2) is 51.3 Å². The van der Waals surface area contributed by atoms with Crippen LogP contribution < -0.4 is 0 Å². The zero-order chi connectivity index (χ0) is 13.0. The summed E-state index contributed by atoms with van der Waals surface area (Å²) < 4.78 is 7.32. The lowest BCUT2D eigenvalue weighted by Crippen LogP contribution is -2.45. The van der Waals surface area contributed by atoms with E-state index in [4.69, 9.17) is 9.84 Å². The number of rotatable bonds is 5. The molecule has 0 bridgehead atoms. The van der Waals surface area contributed by atoms with E-state index < -0.39 is 12.1 Å². The first-order chi connectivity index (χ1) is 8.70. The number of morpholine rings is 1. The Morgan fingerprint density at radius 2 is 2.50 bits per heavy atom. The fraction of sp³-hybridized carbons (Fsp3) is 0.667. The predicted octanol–water partition coefficient (Wildman–Crippen LogP) is 0.579. The molecule has 0 spiro atoms.